The summed E-state index contributed by atoms with van der Waals surface area (Å²) in [7, 11) is 0. The molecular weight excluding hydrogens is 208 g/mol. The molecule has 2 nitrogen and oxygen atoms in total. The zero-order chi connectivity index (χ0) is 12.5. The Morgan fingerprint density at radius 1 is 1.24 bits per heavy atom. The molecule has 2 heteroatoms. The summed E-state index contributed by atoms with van der Waals surface area (Å²) >= 11 is 0. The average molecular weight is 240 g/mol. The van der Waals surface area contributed by atoms with Crippen molar-refractivity contribution in [3.63, 3.8) is 0 Å². The maximum atomic E-state index is 3.73. The van der Waals surface area contributed by atoms with E-state index in [0.29, 0.717) is 0 Å². The zero-order valence-corrected chi connectivity index (χ0v) is 12.2. The van der Waals surface area contributed by atoms with Crippen molar-refractivity contribution in [2.75, 3.05) is 19.6 Å². The van der Waals surface area contributed by atoms with Gasteiger partial charge < -0.3 is 5.32 Å². The molecule has 17 heavy (non-hydrogen) atoms. The summed E-state index contributed by atoms with van der Waals surface area (Å²) in [6, 6.07) is 1.48. The molecule has 1 fully saturated rings. The third-order valence-corrected chi connectivity index (χ3v) is 4.13. The molecule has 0 amide bonds. The van der Waals surface area contributed by atoms with Crippen LogP contribution in [0.1, 0.15) is 65.7 Å². The van der Waals surface area contributed by atoms with E-state index in [1.807, 2.05) is 0 Å². The lowest BCUT2D eigenvalue weighted by atomic mass is 10.1. The fourth-order valence-electron chi connectivity index (χ4n) is 2.65. The predicted molar refractivity (Wildman–Crippen MR) is 76.5 cm³/mol. The van der Waals surface area contributed by atoms with E-state index in [0.717, 1.165) is 12.1 Å². The van der Waals surface area contributed by atoms with Crippen LogP contribution in [0.5, 0.6) is 0 Å². The molecule has 1 rings (SSSR count). The number of unbranched alkanes of at least 4 members (excludes halogenated alkanes) is 1. The summed E-state index contributed by atoms with van der Waals surface area (Å²) in [4.78, 5) is 2.70. The summed E-state index contributed by atoms with van der Waals surface area (Å²) in [5.74, 6) is 0. The lowest BCUT2D eigenvalue weighted by molar-refractivity contribution is 0.177. The molecule has 1 aliphatic heterocycles. The molecule has 0 aromatic heterocycles. The van der Waals surface area contributed by atoms with E-state index in [1.54, 1.807) is 0 Å². The van der Waals surface area contributed by atoms with Crippen molar-refractivity contribution >= 4 is 0 Å². The summed E-state index contributed by atoms with van der Waals surface area (Å²) < 4.78 is 0. The molecule has 2 unspecified atom stereocenters. The molecule has 0 radical (unpaired) electrons. The largest absolute Gasteiger partial charge is 0.313 e. The van der Waals surface area contributed by atoms with Crippen LogP contribution in [0, 0.1) is 0 Å². The van der Waals surface area contributed by atoms with Crippen molar-refractivity contribution in [1.82, 2.24) is 10.2 Å². The van der Waals surface area contributed by atoms with Gasteiger partial charge in [0.15, 0.2) is 0 Å². The number of hydrogen-bond donors (Lipinski definition) is 1. The van der Waals surface area contributed by atoms with Crippen molar-refractivity contribution in [3.8, 4) is 0 Å². The second kappa shape index (κ2) is 8.93. The second-order valence-corrected chi connectivity index (χ2v) is 5.61. The molecule has 102 valence electrons. The van der Waals surface area contributed by atoms with Gasteiger partial charge in [-0.2, -0.15) is 0 Å². The molecule has 1 N–H and O–H groups in total. The van der Waals surface area contributed by atoms with Gasteiger partial charge in [-0.3, -0.25) is 4.90 Å². The fraction of sp³-hybridized carbons (Fsp3) is 1.00. The van der Waals surface area contributed by atoms with Crippen molar-refractivity contribution in [2.45, 2.75) is 77.8 Å². The first-order valence-corrected chi connectivity index (χ1v) is 7.75. The smallest absolute Gasteiger partial charge is 0.0195 e. The Labute approximate surface area is 108 Å². The standard InChI is InChI=1S/C15H32N2/c1-4-6-12-17(14(3)5-2)13-15-10-8-7-9-11-16-15/h14-16H,4-13H2,1-3H3. The first-order chi connectivity index (χ1) is 8.27. The van der Waals surface area contributed by atoms with Crippen molar-refractivity contribution < 1.29 is 0 Å². The van der Waals surface area contributed by atoms with E-state index in [2.05, 4.69) is 31.0 Å². The number of hydrogen-bond acceptors (Lipinski definition) is 2. The maximum Gasteiger partial charge on any atom is 0.0195 e. The van der Waals surface area contributed by atoms with Crippen LogP contribution in [-0.2, 0) is 0 Å². The van der Waals surface area contributed by atoms with Crippen LogP contribution in [0.4, 0.5) is 0 Å². The van der Waals surface area contributed by atoms with Crippen molar-refractivity contribution in [3.05, 3.63) is 0 Å². The van der Waals surface area contributed by atoms with Gasteiger partial charge in [0.05, 0.1) is 0 Å². The quantitative estimate of drug-likeness (QED) is 0.733. The van der Waals surface area contributed by atoms with Gasteiger partial charge >= 0.3 is 0 Å². The van der Waals surface area contributed by atoms with E-state index in [9.17, 15) is 0 Å². The van der Waals surface area contributed by atoms with E-state index < -0.39 is 0 Å². The number of nitrogens with zero attached hydrogens (tertiary/aromatic N) is 1. The predicted octanol–water partition coefficient (Wildman–Crippen LogP) is 3.42. The Balaban J connectivity index is 2.39. The van der Waals surface area contributed by atoms with Crippen LogP contribution in [0.3, 0.4) is 0 Å². The monoisotopic (exact) mass is 240 g/mol. The Bertz CT molecular complexity index is 174. The van der Waals surface area contributed by atoms with E-state index >= 15 is 0 Å². The van der Waals surface area contributed by atoms with Gasteiger partial charge in [0.25, 0.3) is 0 Å². The van der Waals surface area contributed by atoms with Crippen LogP contribution in [0.2, 0.25) is 0 Å². The molecule has 0 aromatic rings. The third kappa shape index (κ3) is 5.87. The minimum absolute atomic E-state index is 0.739. The van der Waals surface area contributed by atoms with Crippen LogP contribution in [0.15, 0.2) is 0 Å². The van der Waals surface area contributed by atoms with Gasteiger partial charge in [-0.1, -0.05) is 33.1 Å². The Kier molecular flexibility index (Phi) is 7.87. The highest BCUT2D eigenvalue weighted by Crippen LogP contribution is 2.13. The lowest BCUT2D eigenvalue weighted by Crippen LogP contribution is -2.44. The Morgan fingerprint density at radius 2 is 2.06 bits per heavy atom. The average Bonchev–Trinajstić information content (AvgIpc) is 2.62. The molecule has 2 atom stereocenters. The Morgan fingerprint density at radius 3 is 2.76 bits per heavy atom. The van der Waals surface area contributed by atoms with Gasteiger partial charge in [0, 0.05) is 18.6 Å². The van der Waals surface area contributed by atoms with Gasteiger partial charge in [-0.25, -0.2) is 0 Å². The minimum Gasteiger partial charge on any atom is -0.313 e. The topological polar surface area (TPSA) is 15.3 Å². The molecule has 0 aliphatic carbocycles. The van der Waals surface area contributed by atoms with Crippen molar-refractivity contribution in [1.29, 1.82) is 0 Å². The maximum absolute atomic E-state index is 3.73. The van der Waals surface area contributed by atoms with Crippen molar-refractivity contribution in [2.24, 2.45) is 0 Å². The van der Waals surface area contributed by atoms with Gasteiger partial charge in [-0.15, -0.1) is 0 Å². The van der Waals surface area contributed by atoms with Gasteiger partial charge in [-0.05, 0) is 45.7 Å². The van der Waals surface area contributed by atoms with Crippen LogP contribution in [0.25, 0.3) is 0 Å². The molecular formula is C15H32N2. The first kappa shape index (κ1) is 15.0. The van der Waals surface area contributed by atoms with E-state index in [1.165, 1.54) is 64.6 Å². The molecule has 1 saturated heterocycles. The summed E-state index contributed by atoms with van der Waals surface area (Å²) in [5, 5.41) is 3.73. The normalized spacial score (nSPS) is 23.6. The SMILES string of the molecule is CCCCN(CC1CCCCCN1)C(C)CC. The van der Waals surface area contributed by atoms with Gasteiger partial charge in [0.2, 0.25) is 0 Å². The van der Waals surface area contributed by atoms with Crippen LogP contribution < -0.4 is 5.32 Å². The van der Waals surface area contributed by atoms with Crippen LogP contribution >= 0.6 is 0 Å². The lowest BCUT2D eigenvalue weighted by Gasteiger charge is -2.32. The number of nitrogens with one attached hydrogen (secondary N) is 1. The number of rotatable bonds is 7. The van der Waals surface area contributed by atoms with E-state index in [-0.39, 0.29) is 0 Å². The molecule has 1 aliphatic rings. The summed E-state index contributed by atoms with van der Waals surface area (Å²) in [6.07, 6.45) is 9.51. The molecule has 0 aromatic carbocycles. The fourth-order valence-corrected chi connectivity index (χ4v) is 2.65. The molecule has 0 saturated carbocycles. The van der Waals surface area contributed by atoms with Gasteiger partial charge in [0.1, 0.15) is 0 Å². The summed E-state index contributed by atoms with van der Waals surface area (Å²) in [6.45, 7) is 10.8. The third-order valence-electron chi connectivity index (χ3n) is 4.13. The minimum atomic E-state index is 0.739. The van der Waals surface area contributed by atoms with E-state index in [4.69, 9.17) is 0 Å². The second-order valence-electron chi connectivity index (χ2n) is 5.61. The first-order valence-electron chi connectivity index (χ1n) is 7.75. The highest BCUT2D eigenvalue weighted by molar-refractivity contribution is 4.77. The molecule has 1 heterocycles. The molecule has 0 spiro atoms. The molecule has 0 bridgehead atoms. The highest BCUT2D eigenvalue weighted by Gasteiger charge is 2.18. The zero-order valence-electron chi connectivity index (χ0n) is 12.2. The van der Waals surface area contributed by atoms with Crippen LogP contribution in [-0.4, -0.2) is 36.6 Å². The Hall–Kier alpha value is -0.0800. The summed E-state index contributed by atoms with van der Waals surface area (Å²) in [5.41, 5.74) is 0. The highest BCUT2D eigenvalue weighted by atomic mass is 15.2.